The molecule has 3 aromatic carbocycles. The molecule has 0 aliphatic carbocycles. The van der Waals surface area contributed by atoms with E-state index in [1.807, 2.05) is 66.0 Å². The Bertz CT molecular complexity index is 1600. The molecule has 0 saturated carbocycles. The van der Waals surface area contributed by atoms with E-state index in [9.17, 15) is 9.59 Å². The third kappa shape index (κ3) is 4.78. The Morgan fingerprint density at radius 2 is 1.67 bits per heavy atom. The van der Waals surface area contributed by atoms with Gasteiger partial charge in [-0.15, -0.1) is 11.3 Å². The third-order valence-corrected chi connectivity index (χ3v) is 7.34. The second-order valence-corrected chi connectivity index (χ2v) is 10.1. The molecule has 178 valence electrons. The van der Waals surface area contributed by atoms with Crippen molar-refractivity contribution < 1.29 is 14.3 Å². The van der Waals surface area contributed by atoms with Crippen LogP contribution in [0.25, 0.3) is 33.3 Å². The fraction of sp³-hybridized carbons (Fsp3) is 0.0357. The maximum Gasteiger partial charge on any atom is 0.341 e. The predicted molar refractivity (Wildman–Crippen MR) is 149 cm³/mol. The lowest BCUT2D eigenvalue weighted by Crippen LogP contribution is -2.15. The van der Waals surface area contributed by atoms with Gasteiger partial charge in [-0.05, 0) is 42.0 Å². The number of methoxy groups -OCH3 is 1. The molecule has 1 N–H and O–H groups in total. The molecule has 0 atom stereocenters. The number of rotatable bonds is 5. The van der Waals surface area contributed by atoms with Crippen LogP contribution in [0.4, 0.5) is 5.00 Å². The van der Waals surface area contributed by atoms with E-state index in [-0.39, 0.29) is 5.91 Å². The van der Waals surface area contributed by atoms with Gasteiger partial charge in [0.25, 0.3) is 5.91 Å². The van der Waals surface area contributed by atoms with Gasteiger partial charge in [0.05, 0.1) is 23.9 Å². The summed E-state index contributed by atoms with van der Waals surface area (Å²) in [6, 6.07) is 24.1. The van der Waals surface area contributed by atoms with Crippen LogP contribution >= 0.6 is 38.9 Å². The average Bonchev–Trinajstić information content (AvgIpc) is 3.31. The van der Waals surface area contributed by atoms with Gasteiger partial charge in [-0.2, -0.15) is 0 Å². The van der Waals surface area contributed by atoms with Crippen molar-refractivity contribution in [1.29, 1.82) is 0 Å². The summed E-state index contributed by atoms with van der Waals surface area (Å²) in [6.07, 6.45) is 0. The molecule has 0 aliphatic rings. The number of ether oxygens (including phenoxy) is 1. The predicted octanol–water partition coefficient (Wildman–Crippen LogP) is 8.09. The molecule has 5 aromatic rings. The third-order valence-electron chi connectivity index (χ3n) is 5.66. The molecule has 0 bridgehead atoms. The summed E-state index contributed by atoms with van der Waals surface area (Å²) in [4.78, 5) is 31.1. The van der Waals surface area contributed by atoms with Gasteiger partial charge in [0.15, 0.2) is 0 Å². The van der Waals surface area contributed by atoms with Crippen LogP contribution in [0.1, 0.15) is 20.7 Å². The largest absolute Gasteiger partial charge is 0.465 e. The zero-order valence-corrected chi connectivity index (χ0v) is 22.1. The number of para-hydroxylation sites is 1. The first-order valence-electron chi connectivity index (χ1n) is 10.9. The number of halogens is 2. The molecule has 5 nitrogen and oxygen atoms in total. The minimum absolute atomic E-state index is 0.314. The number of anilines is 1. The van der Waals surface area contributed by atoms with Crippen molar-refractivity contribution in [3.63, 3.8) is 0 Å². The highest BCUT2D eigenvalue weighted by atomic mass is 79.9. The highest BCUT2D eigenvalue weighted by Crippen LogP contribution is 2.37. The number of nitrogens with one attached hydrogen (secondary N) is 1. The molecule has 0 aliphatic heterocycles. The molecule has 5 rings (SSSR count). The number of amides is 1. The van der Waals surface area contributed by atoms with E-state index in [1.54, 1.807) is 18.2 Å². The van der Waals surface area contributed by atoms with E-state index >= 15 is 0 Å². The topological polar surface area (TPSA) is 68.3 Å². The van der Waals surface area contributed by atoms with Crippen LogP contribution in [0.5, 0.6) is 0 Å². The number of pyridine rings is 1. The lowest BCUT2D eigenvalue weighted by Gasteiger charge is -2.11. The Hall–Kier alpha value is -3.52. The molecular formula is C28H18BrClN2O3S. The molecule has 1 amide bonds. The van der Waals surface area contributed by atoms with Crippen molar-refractivity contribution >= 4 is 66.6 Å². The van der Waals surface area contributed by atoms with Crippen molar-refractivity contribution in [2.45, 2.75) is 0 Å². The highest BCUT2D eigenvalue weighted by molar-refractivity contribution is 9.10. The van der Waals surface area contributed by atoms with Crippen molar-refractivity contribution in [3.05, 3.63) is 105 Å². The Labute approximate surface area is 224 Å². The van der Waals surface area contributed by atoms with E-state index in [4.69, 9.17) is 21.3 Å². The lowest BCUT2D eigenvalue weighted by atomic mass is 10.0. The van der Waals surface area contributed by atoms with E-state index < -0.39 is 5.97 Å². The summed E-state index contributed by atoms with van der Waals surface area (Å²) >= 11 is 10.8. The summed E-state index contributed by atoms with van der Waals surface area (Å²) < 4.78 is 5.98. The second kappa shape index (κ2) is 10.2. The van der Waals surface area contributed by atoms with Gasteiger partial charge >= 0.3 is 5.97 Å². The Morgan fingerprint density at radius 1 is 0.972 bits per heavy atom. The number of benzene rings is 3. The Kier molecular flexibility index (Phi) is 6.87. The van der Waals surface area contributed by atoms with Crippen LogP contribution in [-0.2, 0) is 4.74 Å². The normalized spacial score (nSPS) is 10.9. The van der Waals surface area contributed by atoms with Crippen LogP contribution in [-0.4, -0.2) is 24.0 Å². The zero-order chi connectivity index (χ0) is 25.2. The SMILES string of the molecule is COC(=O)c1c(-c2ccc(Br)cc2)csc1NC(=O)c1cc(-c2ccc(Cl)cc2)nc2ccccc12. The summed E-state index contributed by atoms with van der Waals surface area (Å²) in [5.41, 5.74) is 4.46. The summed E-state index contributed by atoms with van der Waals surface area (Å²) in [5, 5.41) is 6.53. The van der Waals surface area contributed by atoms with Crippen LogP contribution < -0.4 is 5.32 Å². The van der Waals surface area contributed by atoms with Crippen molar-refractivity contribution in [1.82, 2.24) is 4.98 Å². The molecule has 2 heterocycles. The molecule has 8 heteroatoms. The van der Waals surface area contributed by atoms with Gasteiger partial charge in [-0.3, -0.25) is 4.79 Å². The second-order valence-electron chi connectivity index (χ2n) is 7.89. The number of carbonyl (C=O) groups is 2. The Balaban J connectivity index is 1.57. The first-order chi connectivity index (χ1) is 17.4. The number of carbonyl (C=O) groups excluding carboxylic acids is 2. The minimum Gasteiger partial charge on any atom is -0.465 e. The molecule has 0 radical (unpaired) electrons. The number of nitrogens with zero attached hydrogens (tertiary/aromatic N) is 1. The maximum atomic E-state index is 13.6. The first kappa shape index (κ1) is 24.2. The van der Waals surface area contributed by atoms with Crippen LogP contribution in [0.2, 0.25) is 5.02 Å². The summed E-state index contributed by atoms with van der Waals surface area (Å²) in [5.74, 6) is -0.871. The van der Waals surface area contributed by atoms with Crippen LogP contribution in [0.3, 0.4) is 0 Å². The van der Waals surface area contributed by atoms with Gasteiger partial charge in [0, 0.05) is 31.4 Å². The van der Waals surface area contributed by atoms with E-state index in [0.29, 0.717) is 43.3 Å². The number of esters is 1. The number of thiophene rings is 1. The number of hydrogen-bond donors (Lipinski definition) is 1. The summed E-state index contributed by atoms with van der Waals surface area (Å²) in [6.45, 7) is 0. The molecule has 36 heavy (non-hydrogen) atoms. The zero-order valence-electron chi connectivity index (χ0n) is 18.9. The van der Waals surface area contributed by atoms with E-state index in [2.05, 4.69) is 21.2 Å². The van der Waals surface area contributed by atoms with E-state index in [0.717, 1.165) is 15.6 Å². The molecular weight excluding hydrogens is 560 g/mol. The lowest BCUT2D eigenvalue weighted by molar-refractivity contribution is 0.0603. The summed E-state index contributed by atoms with van der Waals surface area (Å²) in [7, 11) is 1.33. The average molecular weight is 578 g/mol. The molecule has 2 aromatic heterocycles. The molecule has 0 saturated heterocycles. The monoisotopic (exact) mass is 576 g/mol. The van der Waals surface area contributed by atoms with Gasteiger partial charge in [0.2, 0.25) is 0 Å². The maximum absolute atomic E-state index is 13.6. The Morgan fingerprint density at radius 3 is 2.39 bits per heavy atom. The molecule has 0 spiro atoms. The van der Waals surface area contributed by atoms with Gasteiger partial charge in [-0.25, -0.2) is 9.78 Å². The highest BCUT2D eigenvalue weighted by Gasteiger charge is 2.24. The fourth-order valence-electron chi connectivity index (χ4n) is 3.90. The van der Waals surface area contributed by atoms with Crippen molar-refractivity contribution in [2.75, 3.05) is 12.4 Å². The van der Waals surface area contributed by atoms with Crippen molar-refractivity contribution in [3.8, 4) is 22.4 Å². The first-order valence-corrected chi connectivity index (χ1v) is 12.9. The number of fused-ring (bicyclic) bond motifs is 1. The van der Waals surface area contributed by atoms with Crippen molar-refractivity contribution in [2.24, 2.45) is 0 Å². The smallest absolute Gasteiger partial charge is 0.341 e. The van der Waals surface area contributed by atoms with Gasteiger partial charge < -0.3 is 10.1 Å². The number of aromatic nitrogens is 1. The van der Waals surface area contributed by atoms with E-state index in [1.165, 1.54) is 18.4 Å². The minimum atomic E-state index is -0.522. The van der Waals surface area contributed by atoms with Gasteiger partial charge in [0.1, 0.15) is 10.6 Å². The number of hydrogen-bond acceptors (Lipinski definition) is 5. The fourth-order valence-corrected chi connectivity index (χ4v) is 5.24. The van der Waals surface area contributed by atoms with Gasteiger partial charge in [-0.1, -0.05) is 70.0 Å². The van der Waals surface area contributed by atoms with Crippen LogP contribution in [0, 0.1) is 0 Å². The molecule has 0 unspecified atom stereocenters. The standard InChI is InChI=1S/C28H18BrClN2O3S/c1-35-28(34)25-22(16-6-10-18(29)11-7-16)15-36-27(25)32-26(33)21-14-24(17-8-12-19(30)13-9-17)31-23-5-3-2-4-20(21)23/h2-15H,1H3,(H,32,33). The molecule has 0 fully saturated rings. The quantitative estimate of drug-likeness (QED) is 0.214. The van der Waals surface area contributed by atoms with Crippen LogP contribution in [0.15, 0.2) is 88.7 Å².